The number of hydrogen-bond donors (Lipinski definition) is 3. The van der Waals surface area contributed by atoms with Gasteiger partial charge in [0.15, 0.2) is 0 Å². The quantitative estimate of drug-likeness (QED) is 0.381. The number of amides is 2. The number of nitrogens with zero attached hydrogens (tertiary/aromatic N) is 2. The highest BCUT2D eigenvalue weighted by Gasteiger charge is 2.34. The van der Waals surface area contributed by atoms with Gasteiger partial charge in [-0.05, 0) is 69.3 Å². The Bertz CT molecular complexity index is 1280. The van der Waals surface area contributed by atoms with Crippen molar-refractivity contribution in [2.45, 2.75) is 63.3 Å². The number of aliphatic hydroxyl groups excluding tert-OH is 1. The predicted molar refractivity (Wildman–Crippen MR) is 150 cm³/mol. The Labute approximate surface area is 232 Å². The van der Waals surface area contributed by atoms with Gasteiger partial charge in [-0.3, -0.25) is 9.59 Å². The summed E-state index contributed by atoms with van der Waals surface area (Å²) < 4.78 is 0. The maximum Gasteiger partial charge on any atom is 0.254 e. The largest absolute Gasteiger partial charge is 0.389 e. The lowest BCUT2D eigenvalue weighted by atomic mass is 9.95. The molecule has 0 spiro atoms. The Morgan fingerprint density at radius 3 is 2.68 bits per heavy atom. The molecule has 3 aromatic rings. The molecule has 2 aliphatic rings. The molecule has 4 atom stereocenters. The molecule has 2 aliphatic heterocycles. The second kappa shape index (κ2) is 11.9. The topological polar surface area (TPSA) is 94.6 Å². The summed E-state index contributed by atoms with van der Waals surface area (Å²) in [5.41, 5.74) is 2.65. The molecule has 2 aromatic carbocycles. The molecule has 2 amide bonds. The first-order chi connectivity index (χ1) is 18.4. The number of rotatable bonds is 8. The number of nitrogens with one attached hydrogen (secondary N) is 2. The van der Waals surface area contributed by atoms with Gasteiger partial charge in [0.05, 0.1) is 18.2 Å². The van der Waals surface area contributed by atoms with Gasteiger partial charge in [-0.25, -0.2) is 4.98 Å². The molecule has 3 N–H and O–H groups in total. The molecule has 0 unspecified atom stereocenters. The van der Waals surface area contributed by atoms with Crippen molar-refractivity contribution in [3.63, 3.8) is 0 Å². The van der Waals surface area contributed by atoms with Crippen molar-refractivity contribution in [2.75, 3.05) is 13.1 Å². The number of aromatic nitrogens is 1. The maximum absolute atomic E-state index is 13.6. The average molecular weight is 553 g/mol. The van der Waals surface area contributed by atoms with Crippen LogP contribution in [0.2, 0.25) is 5.02 Å². The number of carbonyl (C=O) groups excluding carboxylic acids is 2. The molecular weight excluding hydrogens is 520 g/mol. The highest BCUT2D eigenvalue weighted by Crippen LogP contribution is 2.35. The Morgan fingerprint density at radius 2 is 1.97 bits per heavy atom. The van der Waals surface area contributed by atoms with Crippen molar-refractivity contribution >= 4 is 34.8 Å². The van der Waals surface area contributed by atoms with Gasteiger partial charge in [0, 0.05) is 39.8 Å². The van der Waals surface area contributed by atoms with Crippen LogP contribution in [0, 0.1) is 6.92 Å². The van der Waals surface area contributed by atoms with Crippen molar-refractivity contribution in [3.8, 4) is 0 Å². The zero-order valence-electron chi connectivity index (χ0n) is 21.4. The van der Waals surface area contributed by atoms with E-state index in [1.807, 2.05) is 47.5 Å². The fraction of sp³-hybridized carbons (Fsp3) is 0.414. The number of halogens is 1. The third kappa shape index (κ3) is 6.10. The molecule has 3 heterocycles. The highest BCUT2D eigenvalue weighted by molar-refractivity contribution is 7.09. The SMILES string of the molecule is Cc1csc([C@H]2CCCN2C(=O)c2cc(Cl)cc(C(=O)N[C@@H](Cc3ccccc3)[C@@H](O)[C@H]3CCCN3)c2)n1. The normalized spacial score (nSPS) is 20.9. The van der Waals surface area contributed by atoms with Crippen LogP contribution < -0.4 is 10.6 Å². The van der Waals surface area contributed by atoms with Crippen LogP contribution in [0.1, 0.15) is 68.7 Å². The Hall–Kier alpha value is -2.78. The minimum atomic E-state index is -0.756. The van der Waals surface area contributed by atoms with E-state index in [2.05, 4.69) is 15.6 Å². The lowest BCUT2D eigenvalue weighted by molar-refractivity contribution is 0.0733. The second-order valence-electron chi connectivity index (χ2n) is 10.2. The van der Waals surface area contributed by atoms with E-state index in [9.17, 15) is 14.7 Å². The van der Waals surface area contributed by atoms with E-state index in [4.69, 9.17) is 11.6 Å². The fourth-order valence-electron chi connectivity index (χ4n) is 5.46. The Balaban J connectivity index is 1.36. The van der Waals surface area contributed by atoms with Crippen LogP contribution in [-0.2, 0) is 6.42 Å². The van der Waals surface area contributed by atoms with Crippen LogP contribution in [0.3, 0.4) is 0 Å². The molecule has 0 saturated carbocycles. The van der Waals surface area contributed by atoms with E-state index in [1.165, 1.54) is 0 Å². The lowest BCUT2D eigenvalue weighted by Gasteiger charge is -2.29. The molecule has 5 rings (SSSR count). The summed E-state index contributed by atoms with van der Waals surface area (Å²) in [7, 11) is 0. The third-order valence-corrected chi connectivity index (χ3v) is 8.66. The maximum atomic E-state index is 13.6. The number of aryl methyl sites for hydroxylation is 1. The predicted octanol–water partition coefficient (Wildman–Crippen LogP) is 4.54. The molecule has 0 radical (unpaired) electrons. The van der Waals surface area contributed by atoms with Gasteiger partial charge in [0.25, 0.3) is 11.8 Å². The Kier molecular flexibility index (Phi) is 8.43. The van der Waals surface area contributed by atoms with Gasteiger partial charge >= 0.3 is 0 Å². The van der Waals surface area contributed by atoms with E-state index in [0.29, 0.717) is 29.1 Å². The van der Waals surface area contributed by atoms with Crippen molar-refractivity contribution in [1.29, 1.82) is 0 Å². The van der Waals surface area contributed by atoms with E-state index in [1.54, 1.807) is 29.5 Å². The minimum Gasteiger partial charge on any atom is -0.389 e. The van der Waals surface area contributed by atoms with Gasteiger partial charge in [0.1, 0.15) is 5.01 Å². The standard InChI is InChI=1S/C29H33ClN4O3S/c1-18-17-38-28(32-18)25-10-6-12-34(25)29(37)21-14-20(15-22(30)16-21)27(36)33-24(13-19-7-3-2-4-8-19)26(35)23-9-5-11-31-23/h2-4,7-8,14-17,23-26,31,35H,5-6,9-13H2,1H3,(H,33,36)/t23-,24+,25-,26+/m1/s1. The van der Waals surface area contributed by atoms with E-state index in [0.717, 1.165) is 48.5 Å². The molecule has 1 aromatic heterocycles. The number of likely N-dealkylation sites (tertiary alicyclic amines) is 1. The summed E-state index contributed by atoms with van der Waals surface area (Å²) >= 11 is 7.98. The molecule has 2 saturated heterocycles. The number of hydrogen-bond acceptors (Lipinski definition) is 6. The van der Waals surface area contributed by atoms with Crippen molar-refractivity contribution in [2.24, 2.45) is 0 Å². The highest BCUT2D eigenvalue weighted by atomic mass is 35.5. The Morgan fingerprint density at radius 1 is 1.18 bits per heavy atom. The monoisotopic (exact) mass is 552 g/mol. The molecule has 38 heavy (non-hydrogen) atoms. The van der Waals surface area contributed by atoms with Crippen LogP contribution in [-0.4, -0.2) is 58.1 Å². The van der Waals surface area contributed by atoms with Crippen LogP contribution in [0.4, 0.5) is 0 Å². The molecular formula is C29H33ClN4O3S. The minimum absolute atomic E-state index is 0.0678. The molecule has 2 fully saturated rings. The lowest BCUT2D eigenvalue weighted by Crippen LogP contribution is -2.52. The van der Waals surface area contributed by atoms with Gasteiger partial charge in [-0.1, -0.05) is 41.9 Å². The molecule has 9 heteroatoms. The molecule has 200 valence electrons. The number of thiazole rings is 1. The zero-order valence-corrected chi connectivity index (χ0v) is 23.0. The average Bonchev–Trinajstić information content (AvgIpc) is 3.69. The fourth-order valence-corrected chi connectivity index (χ4v) is 6.64. The molecule has 0 bridgehead atoms. The van der Waals surface area contributed by atoms with E-state index < -0.39 is 12.1 Å². The van der Waals surface area contributed by atoms with Gasteiger partial charge in [-0.2, -0.15) is 0 Å². The molecule has 7 nitrogen and oxygen atoms in total. The summed E-state index contributed by atoms with van der Waals surface area (Å²) in [6, 6.07) is 13.9. The zero-order chi connectivity index (χ0) is 26.6. The van der Waals surface area contributed by atoms with E-state index in [-0.39, 0.29) is 23.9 Å². The summed E-state index contributed by atoms with van der Waals surface area (Å²) in [5, 5.41) is 20.8. The summed E-state index contributed by atoms with van der Waals surface area (Å²) in [6.45, 7) is 3.44. The van der Waals surface area contributed by atoms with Crippen LogP contribution >= 0.6 is 22.9 Å². The number of benzene rings is 2. The summed E-state index contributed by atoms with van der Waals surface area (Å²) in [4.78, 5) is 33.5. The van der Waals surface area contributed by atoms with E-state index >= 15 is 0 Å². The first-order valence-corrected chi connectivity index (χ1v) is 14.4. The number of aliphatic hydroxyl groups is 1. The van der Waals surface area contributed by atoms with Gasteiger partial charge in [-0.15, -0.1) is 11.3 Å². The third-order valence-electron chi connectivity index (χ3n) is 7.38. The van der Waals surface area contributed by atoms with Crippen molar-refractivity contribution in [1.82, 2.24) is 20.5 Å². The summed E-state index contributed by atoms with van der Waals surface area (Å²) in [6.07, 6.45) is 3.34. The van der Waals surface area contributed by atoms with Gasteiger partial charge < -0.3 is 20.6 Å². The van der Waals surface area contributed by atoms with Crippen LogP contribution in [0.5, 0.6) is 0 Å². The second-order valence-corrected chi connectivity index (χ2v) is 11.5. The van der Waals surface area contributed by atoms with Gasteiger partial charge in [0.2, 0.25) is 0 Å². The first kappa shape index (κ1) is 26.8. The van der Waals surface area contributed by atoms with Crippen LogP contribution in [0.15, 0.2) is 53.9 Å². The van der Waals surface area contributed by atoms with Crippen LogP contribution in [0.25, 0.3) is 0 Å². The summed E-state index contributed by atoms with van der Waals surface area (Å²) in [5.74, 6) is -0.527. The first-order valence-electron chi connectivity index (χ1n) is 13.2. The number of carbonyl (C=O) groups is 2. The molecule has 0 aliphatic carbocycles. The van der Waals surface area contributed by atoms with Crippen molar-refractivity contribution in [3.05, 3.63) is 86.3 Å². The smallest absolute Gasteiger partial charge is 0.254 e. The van der Waals surface area contributed by atoms with Crippen molar-refractivity contribution < 1.29 is 14.7 Å².